The van der Waals surface area contributed by atoms with Crippen molar-refractivity contribution in [2.24, 2.45) is 0 Å². The normalized spacial score (nSPS) is 15.3. The minimum atomic E-state index is -3.41. The summed E-state index contributed by atoms with van der Waals surface area (Å²) >= 11 is 0. The first-order valence-corrected chi connectivity index (χ1v) is 6.31. The summed E-state index contributed by atoms with van der Waals surface area (Å²) in [5.74, 6) is 0. The van der Waals surface area contributed by atoms with Crippen LogP contribution in [0.25, 0.3) is 0 Å². The van der Waals surface area contributed by atoms with Gasteiger partial charge in [-0.15, -0.1) is 0 Å². The molecular weight excluding hydrogens is 218 g/mol. The van der Waals surface area contributed by atoms with Crippen molar-refractivity contribution in [3.8, 4) is 0 Å². The molecule has 0 aromatic carbocycles. The zero-order chi connectivity index (χ0) is 11.9. The van der Waals surface area contributed by atoms with Gasteiger partial charge in [-0.1, -0.05) is 0 Å². The van der Waals surface area contributed by atoms with Crippen molar-refractivity contribution in [1.29, 1.82) is 0 Å². The van der Waals surface area contributed by atoms with E-state index < -0.39 is 10.1 Å². The molecule has 2 atom stereocenters. The van der Waals surface area contributed by atoms with E-state index in [-0.39, 0.29) is 18.8 Å². The van der Waals surface area contributed by atoms with Crippen LogP contribution < -0.4 is 0 Å². The number of ether oxygens (including phenoxy) is 1. The average Bonchev–Trinajstić information content (AvgIpc) is 2.11. The first-order chi connectivity index (χ1) is 6.85. The Hall–Kier alpha value is -0.200. The molecule has 15 heavy (non-hydrogen) atoms. The van der Waals surface area contributed by atoms with Gasteiger partial charge in [-0.05, 0) is 0 Å². The molecule has 1 radical (unpaired) electrons. The summed E-state index contributed by atoms with van der Waals surface area (Å²) in [6.45, 7) is 3.82. The van der Waals surface area contributed by atoms with Gasteiger partial charge >= 0.3 is 92.0 Å². The molecule has 8 heteroatoms. The van der Waals surface area contributed by atoms with Crippen LogP contribution in [0.2, 0.25) is 0 Å². The van der Waals surface area contributed by atoms with E-state index in [2.05, 4.69) is 4.18 Å². The van der Waals surface area contributed by atoms with Gasteiger partial charge in [-0.2, -0.15) is 0 Å². The maximum absolute atomic E-state index is 10.7. The predicted octanol–water partition coefficient (Wildman–Crippen LogP) is -0.524. The molecule has 0 amide bonds. The van der Waals surface area contributed by atoms with E-state index in [0.717, 1.165) is 13.3 Å². The quantitative estimate of drug-likeness (QED) is 0.416. The van der Waals surface area contributed by atoms with Gasteiger partial charge in [0.25, 0.3) is 0 Å². The molecule has 0 heterocycles. The third kappa shape index (κ3) is 10.1. The molecule has 0 aliphatic rings. The van der Waals surface area contributed by atoms with Crippen LogP contribution in [-0.2, 0) is 23.7 Å². The summed E-state index contributed by atoms with van der Waals surface area (Å²) in [6, 6.07) is 0. The van der Waals surface area contributed by atoms with E-state index in [9.17, 15) is 8.42 Å². The Kier molecular flexibility index (Phi) is 7.04. The van der Waals surface area contributed by atoms with Crippen LogP contribution in [-0.4, -0.2) is 54.5 Å². The Bertz CT molecular complexity index is 279. The third-order valence-electron chi connectivity index (χ3n) is 1.44. The second-order valence-electron chi connectivity index (χ2n) is 3.22. The fourth-order valence-electron chi connectivity index (χ4n) is 0.741. The van der Waals surface area contributed by atoms with E-state index >= 15 is 0 Å². The van der Waals surface area contributed by atoms with E-state index in [0.29, 0.717) is 6.61 Å². The molecular formula is C7H15B2O5S. The van der Waals surface area contributed by atoms with Crippen molar-refractivity contribution in [3.05, 3.63) is 0 Å². The summed E-state index contributed by atoms with van der Waals surface area (Å²) in [6.07, 6.45) is 0.508. The van der Waals surface area contributed by atoms with Gasteiger partial charge in [0.2, 0.25) is 0 Å². The topological polar surface area (TPSA) is 61.8 Å². The van der Waals surface area contributed by atoms with Crippen molar-refractivity contribution in [1.82, 2.24) is 0 Å². The minimum absolute atomic E-state index is 0.00209. The standard InChI is InChI=1S/C7H15B2O5S/c1-6(5-13-15(3,10)11)12-4-7(2)14-9-8/h6-7H,4-5H2,1-3H3. The Morgan fingerprint density at radius 2 is 1.87 bits per heavy atom. The molecule has 85 valence electrons. The van der Waals surface area contributed by atoms with Gasteiger partial charge in [0.1, 0.15) is 0 Å². The monoisotopic (exact) mass is 233 g/mol. The fourth-order valence-corrected chi connectivity index (χ4v) is 1.18. The van der Waals surface area contributed by atoms with Crippen LogP contribution in [0.3, 0.4) is 0 Å². The summed E-state index contributed by atoms with van der Waals surface area (Å²) in [4.78, 5) is 0. The predicted molar refractivity (Wildman–Crippen MR) is 58.3 cm³/mol. The second-order valence-corrected chi connectivity index (χ2v) is 4.86. The summed E-state index contributed by atoms with van der Waals surface area (Å²) in [5.41, 5.74) is 0. The van der Waals surface area contributed by atoms with E-state index in [4.69, 9.17) is 16.8 Å². The van der Waals surface area contributed by atoms with E-state index in [1.54, 1.807) is 13.8 Å². The van der Waals surface area contributed by atoms with Crippen LogP contribution >= 0.6 is 0 Å². The Labute approximate surface area is 92.5 Å². The third-order valence-corrected chi connectivity index (χ3v) is 2.01. The van der Waals surface area contributed by atoms with Gasteiger partial charge in [0.15, 0.2) is 0 Å². The molecule has 0 bridgehead atoms. The van der Waals surface area contributed by atoms with Crippen molar-refractivity contribution >= 4 is 24.5 Å². The Morgan fingerprint density at radius 1 is 1.27 bits per heavy atom. The molecule has 0 aliphatic carbocycles. The average molecular weight is 233 g/mol. The zero-order valence-corrected chi connectivity index (χ0v) is 9.99. The summed E-state index contributed by atoms with van der Waals surface area (Å²) in [5, 5.41) is 0. The van der Waals surface area contributed by atoms with Crippen molar-refractivity contribution < 1.29 is 22.0 Å². The first kappa shape index (κ1) is 14.8. The van der Waals surface area contributed by atoms with Gasteiger partial charge in [-0.3, -0.25) is 0 Å². The van der Waals surface area contributed by atoms with Gasteiger partial charge in [0.05, 0.1) is 0 Å². The number of rotatable bonds is 8. The summed E-state index contributed by atoms with van der Waals surface area (Å²) < 4.78 is 36.0. The number of hydrogen-bond donors (Lipinski definition) is 0. The SMILES string of the molecule is [B]=BOC(C)COC(C)COS(C)(=O)=O. The molecule has 0 saturated carbocycles. The van der Waals surface area contributed by atoms with E-state index in [1.165, 1.54) is 0 Å². The molecule has 0 spiro atoms. The van der Waals surface area contributed by atoms with Gasteiger partial charge < -0.3 is 0 Å². The zero-order valence-electron chi connectivity index (χ0n) is 9.17. The molecule has 0 aromatic rings. The van der Waals surface area contributed by atoms with Crippen LogP contribution in [0, 0.1) is 0 Å². The van der Waals surface area contributed by atoms with Gasteiger partial charge in [0, 0.05) is 0 Å². The maximum atomic E-state index is 10.7. The second kappa shape index (κ2) is 7.14. The van der Waals surface area contributed by atoms with Crippen LogP contribution in [0.4, 0.5) is 0 Å². The summed E-state index contributed by atoms with van der Waals surface area (Å²) in [7, 11) is 2.73. The van der Waals surface area contributed by atoms with Crippen LogP contribution in [0.15, 0.2) is 0 Å². The molecule has 0 saturated heterocycles. The molecule has 0 fully saturated rings. The van der Waals surface area contributed by atoms with Crippen LogP contribution in [0.5, 0.6) is 0 Å². The molecule has 0 N–H and O–H groups in total. The Morgan fingerprint density at radius 3 is 2.33 bits per heavy atom. The fraction of sp³-hybridized carbons (Fsp3) is 1.00. The first-order valence-electron chi connectivity index (χ1n) is 4.50. The van der Waals surface area contributed by atoms with Crippen molar-refractivity contribution in [3.63, 3.8) is 0 Å². The van der Waals surface area contributed by atoms with Crippen molar-refractivity contribution in [2.45, 2.75) is 26.1 Å². The molecule has 0 rings (SSSR count). The molecule has 0 aliphatic heterocycles. The molecule has 0 aromatic heterocycles. The molecule has 5 nitrogen and oxygen atoms in total. The van der Waals surface area contributed by atoms with Crippen molar-refractivity contribution in [2.75, 3.05) is 19.5 Å². The van der Waals surface area contributed by atoms with Gasteiger partial charge in [-0.25, -0.2) is 0 Å². The van der Waals surface area contributed by atoms with Crippen LogP contribution in [0.1, 0.15) is 13.8 Å². The van der Waals surface area contributed by atoms with E-state index in [1.807, 2.05) is 0 Å². The molecule has 2 unspecified atom stereocenters. The Balaban J connectivity index is 3.66. The number of hydrogen-bond acceptors (Lipinski definition) is 5.